The van der Waals surface area contributed by atoms with Gasteiger partial charge in [0.2, 0.25) is 0 Å². The Labute approximate surface area is 101 Å². The predicted molar refractivity (Wildman–Crippen MR) is 65.1 cm³/mol. The molecule has 1 aromatic carbocycles. The molecule has 0 amide bonds. The van der Waals surface area contributed by atoms with Crippen LogP contribution in [-0.4, -0.2) is 7.11 Å². The number of rotatable bonds is 2. The number of ether oxygens (including phenoxy) is 1. The first-order valence-corrected chi connectivity index (χ1v) is 6.21. The smallest absolute Gasteiger partial charge is 0.142 e. The van der Waals surface area contributed by atoms with Crippen LogP contribution in [0.4, 0.5) is 0 Å². The molecule has 0 aliphatic heterocycles. The second kappa shape index (κ2) is 3.38. The molecule has 16 heavy (non-hydrogen) atoms. The van der Waals surface area contributed by atoms with Crippen molar-refractivity contribution in [1.29, 1.82) is 0 Å². The van der Waals surface area contributed by atoms with E-state index >= 15 is 0 Å². The second-order valence-corrected chi connectivity index (χ2v) is 5.30. The molecule has 2 N–H and O–H groups in total. The molecule has 0 heterocycles. The third-order valence-electron chi connectivity index (χ3n) is 3.82. The first-order chi connectivity index (χ1) is 7.65. The largest absolute Gasteiger partial charge is 0.495 e. The Morgan fingerprint density at radius 2 is 2.12 bits per heavy atom. The summed E-state index contributed by atoms with van der Waals surface area (Å²) in [4.78, 5) is 0. The highest BCUT2D eigenvalue weighted by atomic mass is 35.5. The van der Waals surface area contributed by atoms with Gasteiger partial charge in [-0.3, -0.25) is 0 Å². The molecule has 3 heteroatoms. The van der Waals surface area contributed by atoms with Crippen LogP contribution in [0.3, 0.4) is 0 Å². The van der Waals surface area contributed by atoms with E-state index < -0.39 is 0 Å². The molecule has 3 rings (SSSR count). The highest BCUT2D eigenvalue weighted by molar-refractivity contribution is 6.33. The Hall–Kier alpha value is -0.730. The number of benzene rings is 1. The zero-order valence-electron chi connectivity index (χ0n) is 9.48. The van der Waals surface area contributed by atoms with Crippen LogP contribution in [0.1, 0.15) is 36.0 Å². The van der Waals surface area contributed by atoms with Crippen molar-refractivity contribution in [3.8, 4) is 5.75 Å². The zero-order chi connectivity index (χ0) is 11.3. The fourth-order valence-corrected chi connectivity index (χ4v) is 3.04. The maximum Gasteiger partial charge on any atom is 0.142 e. The fourth-order valence-electron chi connectivity index (χ4n) is 2.65. The molecule has 0 saturated heterocycles. The standard InChI is InChI=1S/C13H16ClNO/c1-16-12-10(13(15)5-6-13)7-8-3-2-4-9(8)11(12)14/h7H,2-6,15H2,1H3. The number of hydrogen-bond donors (Lipinski definition) is 1. The Kier molecular flexibility index (Phi) is 2.20. The topological polar surface area (TPSA) is 35.2 Å². The van der Waals surface area contributed by atoms with E-state index in [-0.39, 0.29) is 5.54 Å². The molecule has 0 radical (unpaired) electrons. The van der Waals surface area contributed by atoms with Gasteiger partial charge in [-0.15, -0.1) is 0 Å². The van der Waals surface area contributed by atoms with Crippen LogP contribution >= 0.6 is 11.6 Å². The van der Waals surface area contributed by atoms with E-state index in [1.54, 1.807) is 7.11 Å². The number of nitrogens with two attached hydrogens (primary N) is 1. The van der Waals surface area contributed by atoms with Crippen molar-refractivity contribution in [3.05, 3.63) is 27.8 Å². The van der Waals surface area contributed by atoms with Gasteiger partial charge < -0.3 is 10.5 Å². The van der Waals surface area contributed by atoms with Gasteiger partial charge in [0.15, 0.2) is 0 Å². The molecule has 1 fully saturated rings. The van der Waals surface area contributed by atoms with Crippen LogP contribution in [0.25, 0.3) is 0 Å². The fraction of sp³-hybridized carbons (Fsp3) is 0.538. The highest BCUT2D eigenvalue weighted by Gasteiger charge is 2.43. The summed E-state index contributed by atoms with van der Waals surface area (Å²) >= 11 is 6.41. The number of fused-ring (bicyclic) bond motifs is 1. The Balaban J connectivity index is 2.21. The van der Waals surface area contributed by atoms with Crippen LogP contribution in [0.15, 0.2) is 6.07 Å². The first-order valence-electron chi connectivity index (χ1n) is 5.83. The zero-order valence-corrected chi connectivity index (χ0v) is 10.2. The summed E-state index contributed by atoms with van der Waals surface area (Å²) in [6, 6.07) is 2.22. The van der Waals surface area contributed by atoms with Gasteiger partial charge in [0.1, 0.15) is 5.75 Å². The molecule has 0 spiro atoms. The van der Waals surface area contributed by atoms with Gasteiger partial charge in [0.05, 0.1) is 12.1 Å². The molecule has 2 nitrogen and oxygen atoms in total. The van der Waals surface area contributed by atoms with Gasteiger partial charge >= 0.3 is 0 Å². The van der Waals surface area contributed by atoms with E-state index in [2.05, 4.69) is 6.07 Å². The van der Waals surface area contributed by atoms with Crippen LogP contribution in [0.5, 0.6) is 5.75 Å². The summed E-state index contributed by atoms with van der Waals surface area (Å²) in [5, 5.41) is 0.796. The highest BCUT2D eigenvalue weighted by Crippen LogP contribution is 2.50. The number of methoxy groups -OCH3 is 1. The third-order valence-corrected chi connectivity index (χ3v) is 4.22. The molecule has 1 saturated carbocycles. The summed E-state index contributed by atoms with van der Waals surface area (Å²) in [5.74, 6) is 0.808. The molecule has 0 atom stereocenters. The van der Waals surface area contributed by atoms with Crippen molar-refractivity contribution in [3.63, 3.8) is 0 Å². The summed E-state index contributed by atoms with van der Waals surface area (Å²) in [5.41, 5.74) is 9.85. The second-order valence-electron chi connectivity index (χ2n) is 4.92. The van der Waals surface area contributed by atoms with Crippen molar-refractivity contribution < 1.29 is 4.74 Å². The van der Waals surface area contributed by atoms with Gasteiger partial charge in [-0.2, -0.15) is 0 Å². The molecular weight excluding hydrogens is 222 g/mol. The van der Waals surface area contributed by atoms with E-state index in [0.29, 0.717) is 0 Å². The van der Waals surface area contributed by atoms with Crippen molar-refractivity contribution in [1.82, 2.24) is 0 Å². The minimum absolute atomic E-state index is 0.174. The predicted octanol–water partition coefficient (Wildman–Crippen LogP) is 2.79. The van der Waals surface area contributed by atoms with E-state index in [1.807, 2.05) is 0 Å². The number of halogens is 1. The van der Waals surface area contributed by atoms with E-state index in [0.717, 1.165) is 42.0 Å². The number of aryl methyl sites for hydroxylation is 1. The molecular formula is C13H16ClNO. The molecule has 0 aromatic heterocycles. The van der Waals surface area contributed by atoms with Gasteiger partial charge in [-0.05, 0) is 49.3 Å². The quantitative estimate of drug-likeness (QED) is 0.859. The third kappa shape index (κ3) is 1.36. The lowest BCUT2D eigenvalue weighted by Crippen LogP contribution is -2.20. The van der Waals surface area contributed by atoms with Crippen molar-refractivity contribution >= 4 is 11.6 Å². The Bertz CT molecular complexity index is 452. The van der Waals surface area contributed by atoms with Gasteiger partial charge in [0, 0.05) is 11.1 Å². The van der Waals surface area contributed by atoms with Crippen LogP contribution in [0.2, 0.25) is 5.02 Å². The minimum Gasteiger partial charge on any atom is -0.495 e. The van der Waals surface area contributed by atoms with Crippen molar-refractivity contribution in [2.24, 2.45) is 5.73 Å². The van der Waals surface area contributed by atoms with E-state index in [4.69, 9.17) is 22.1 Å². The lowest BCUT2D eigenvalue weighted by atomic mass is 9.98. The minimum atomic E-state index is -0.174. The summed E-state index contributed by atoms with van der Waals surface area (Å²) in [6.07, 6.45) is 5.47. The average Bonchev–Trinajstić information content (AvgIpc) is 2.84. The maximum atomic E-state index is 6.41. The maximum absolute atomic E-state index is 6.41. The summed E-state index contributed by atoms with van der Waals surface area (Å²) in [6.45, 7) is 0. The van der Waals surface area contributed by atoms with Gasteiger partial charge in [0.25, 0.3) is 0 Å². The van der Waals surface area contributed by atoms with Crippen molar-refractivity contribution in [2.75, 3.05) is 7.11 Å². The van der Waals surface area contributed by atoms with Crippen LogP contribution in [-0.2, 0) is 18.4 Å². The average molecular weight is 238 g/mol. The molecule has 2 aliphatic rings. The molecule has 0 bridgehead atoms. The van der Waals surface area contributed by atoms with E-state index in [9.17, 15) is 0 Å². The van der Waals surface area contributed by atoms with Crippen LogP contribution < -0.4 is 10.5 Å². The summed E-state index contributed by atoms with van der Waals surface area (Å²) < 4.78 is 5.46. The van der Waals surface area contributed by atoms with Crippen molar-refractivity contribution in [2.45, 2.75) is 37.6 Å². The van der Waals surface area contributed by atoms with E-state index in [1.165, 1.54) is 17.5 Å². The first kappa shape index (κ1) is 10.4. The Morgan fingerprint density at radius 3 is 2.75 bits per heavy atom. The van der Waals surface area contributed by atoms with Gasteiger partial charge in [-0.1, -0.05) is 11.6 Å². The Morgan fingerprint density at radius 1 is 1.38 bits per heavy atom. The molecule has 2 aliphatic carbocycles. The van der Waals surface area contributed by atoms with Gasteiger partial charge in [-0.25, -0.2) is 0 Å². The normalized spacial score (nSPS) is 20.7. The molecule has 1 aromatic rings. The monoisotopic (exact) mass is 237 g/mol. The lowest BCUT2D eigenvalue weighted by Gasteiger charge is -2.18. The number of hydrogen-bond acceptors (Lipinski definition) is 2. The van der Waals surface area contributed by atoms with Crippen LogP contribution in [0, 0.1) is 0 Å². The molecule has 86 valence electrons. The summed E-state index contributed by atoms with van der Waals surface area (Å²) in [7, 11) is 1.68. The lowest BCUT2D eigenvalue weighted by molar-refractivity contribution is 0.404. The SMILES string of the molecule is COc1c(C2(N)CC2)cc2c(c1Cl)CCC2. The molecule has 0 unspecified atom stereocenters.